The number of hydrogen-bond donors (Lipinski definition) is 1. The van der Waals surface area contributed by atoms with Crippen LogP contribution in [0.5, 0.6) is 17.2 Å². The molecule has 0 saturated carbocycles. The molecule has 0 spiro atoms. The van der Waals surface area contributed by atoms with Crippen LogP contribution in [0.3, 0.4) is 0 Å². The van der Waals surface area contributed by atoms with Gasteiger partial charge in [0.1, 0.15) is 11.5 Å². The van der Waals surface area contributed by atoms with Crippen LogP contribution in [0.1, 0.15) is 89.5 Å². The topological polar surface area (TPSA) is 86.7 Å². The summed E-state index contributed by atoms with van der Waals surface area (Å²) in [5, 5.41) is 12.0. The number of unbranched alkanes of at least 4 members (excludes halogenated alkanes) is 11. The molecule has 7 heteroatoms. The Morgan fingerprint density at radius 1 is 0.788 bits per heavy atom. The van der Waals surface area contributed by atoms with Crippen LogP contribution in [0.15, 0.2) is 47.4 Å². The first-order valence-electron chi connectivity index (χ1n) is 12.0. The number of benzene rings is 2. The van der Waals surface area contributed by atoms with Crippen LogP contribution >= 0.6 is 0 Å². The third-order valence-electron chi connectivity index (χ3n) is 5.68. The SMILES string of the molecule is CCCCCCCCCCCCCCc1ccc(Oc2ccc(S(=O)(=O)O)cc2[O-])cc1.[Na+]. The predicted octanol–water partition coefficient (Wildman–Crippen LogP) is 4.05. The molecular formula is C26H37NaO5S. The van der Waals surface area contributed by atoms with Crippen molar-refractivity contribution in [3.63, 3.8) is 0 Å². The first-order chi connectivity index (χ1) is 15.4. The molecule has 0 aliphatic rings. The molecule has 2 aromatic rings. The van der Waals surface area contributed by atoms with Gasteiger partial charge in [-0.3, -0.25) is 4.55 Å². The fourth-order valence-corrected chi connectivity index (χ4v) is 4.25. The first kappa shape index (κ1) is 30.0. The Morgan fingerprint density at radius 3 is 1.79 bits per heavy atom. The Balaban J connectivity index is 0.00000544. The third-order valence-corrected chi connectivity index (χ3v) is 6.53. The van der Waals surface area contributed by atoms with Crippen molar-refractivity contribution in [2.24, 2.45) is 0 Å². The summed E-state index contributed by atoms with van der Waals surface area (Å²) < 4.78 is 36.8. The molecule has 0 aromatic heterocycles. The van der Waals surface area contributed by atoms with E-state index in [1.165, 1.54) is 88.7 Å². The molecule has 0 unspecified atom stereocenters. The van der Waals surface area contributed by atoms with E-state index in [-0.39, 0.29) is 35.3 Å². The molecule has 0 atom stereocenters. The monoisotopic (exact) mass is 484 g/mol. The summed E-state index contributed by atoms with van der Waals surface area (Å²) in [5.74, 6) is -0.0630. The fraction of sp³-hybridized carbons (Fsp3) is 0.538. The Kier molecular flexibility index (Phi) is 15.0. The molecule has 0 bridgehead atoms. The summed E-state index contributed by atoms with van der Waals surface area (Å²) in [6, 6.07) is 10.9. The zero-order valence-electron chi connectivity index (χ0n) is 20.2. The van der Waals surface area contributed by atoms with Crippen LogP contribution in [0.2, 0.25) is 0 Å². The maximum Gasteiger partial charge on any atom is 1.00 e. The summed E-state index contributed by atoms with van der Waals surface area (Å²) >= 11 is 0. The average Bonchev–Trinajstić information content (AvgIpc) is 2.76. The zero-order chi connectivity index (χ0) is 23.2. The van der Waals surface area contributed by atoms with Crippen molar-refractivity contribution in [1.29, 1.82) is 0 Å². The summed E-state index contributed by atoms with van der Waals surface area (Å²) in [5.41, 5.74) is 1.23. The van der Waals surface area contributed by atoms with Gasteiger partial charge in [0.25, 0.3) is 10.1 Å². The normalized spacial score (nSPS) is 11.2. The molecule has 0 saturated heterocycles. The van der Waals surface area contributed by atoms with Crippen molar-refractivity contribution >= 4 is 10.1 Å². The van der Waals surface area contributed by atoms with Crippen LogP contribution in [0.4, 0.5) is 0 Å². The molecule has 33 heavy (non-hydrogen) atoms. The Labute approximate surface area is 222 Å². The van der Waals surface area contributed by atoms with Gasteiger partial charge in [0.2, 0.25) is 0 Å². The molecule has 0 aliphatic heterocycles. The van der Waals surface area contributed by atoms with Crippen molar-refractivity contribution in [3.8, 4) is 17.2 Å². The molecule has 0 radical (unpaired) electrons. The number of hydrogen-bond acceptors (Lipinski definition) is 4. The van der Waals surface area contributed by atoms with E-state index in [1.807, 2.05) is 24.3 Å². The van der Waals surface area contributed by atoms with Crippen LogP contribution in [0.25, 0.3) is 0 Å². The van der Waals surface area contributed by atoms with E-state index >= 15 is 0 Å². The standard InChI is InChI=1S/C26H38O5S.Na/c1-2-3-4-5-6-7-8-9-10-11-12-13-14-22-15-17-23(18-16-22)31-26-20-19-24(21-25(26)27)32(28,29)30;/h15-21,27H,2-14H2,1H3,(H,28,29,30);/q;+1/p-1. The molecule has 2 aromatic carbocycles. The van der Waals surface area contributed by atoms with E-state index in [0.29, 0.717) is 5.75 Å². The zero-order valence-corrected chi connectivity index (χ0v) is 23.0. The smallest absolute Gasteiger partial charge is 0.870 e. The van der Waals surface area contributed by atoms with Gasteiger partial charge in [0.05, 0.1) is 4.90 Å². The van der Waals surface area contributed by atoms with Gasteiger partial charge >= 0.3 is 29.6 Å². The van der Waals surface area contributed by atoms with E-state index in [0.717, 1.165) is 18.6 Å². The predicted molar refractivity (Wildman–Crippen MR) is 127 cm³/mol. The van der Waals surface area contributed by atoms with E-state index in [2.05, 4.69) is 6.92 Å². The van der Waals surface area contributed by atoms with Crippen molar-refractivity contribution in [1.82, 2.24) is 0 Å². The van der Waals surface area contributed by atoms with Crippen molar-refractivity contribution in [2.45, 2.75) is 95.3 Å². The fourth-order valence-electron chi connectivity index (χ4n) is 3.75. The maximum atomic E-state index is 12.0. The second-order valence-electron chi connectivity index (χ2n) is 8.47. The minimum Gasteiger partial charge on any atom is -0.870 e. The van der Waals surface area contributed by atoms with Gasteiger partial charge in [-0.2, -0.15) is 8.42 Å². The van der Waals surface area contributed by atoms with Gasteiger partial charge in [0, 0.05) is 0 Å². The van der Waals surface area contributed by atoms with Crippen molar-refractivity contribution in [2.75, 3.05) is 0 Å². The number of aryl methyl sites for hydroxylation is 1. The van der Waals surface area contributed by atoms with Gasteiger partial charge in [-0.15, -0.1) is 0 Å². The van der Waals surface area contributed by atoms with Crippen molar-refractivity contribution < 1.29 is 52.4 Å². The molecule has 0 amide bonds. The second kappa shape index (κ2) is 16.6. The van der Waals surface area contributed by atoms with E-state index in [4.69, 9.17) is 9.29 Å². The van der Waals surface area contributed by atoms with Crippen molar-refractivity contribution in [3.05, 3.63) is 48.0 Å². The molecule has 5 nitrogen and oxygen atoms in total. The largest absolute Gasteiger partial charge is 1.00 e. The van der Waals surface area contributed by atoms with Crippen LogP contribution in [-0.4, -0.2) is 13.0 Å². The van der Waals surface area contributed by atoms with E-state index in [9.17, 15) is 13.5 Å². The molecular weight excluding hydrogens is 447 g/mol. The summed E-state index contributed by atoms with van der Waals surface area (Å²) in [6.07, 6.45) is 17.1. The average molecular weight is 485 g/mol. The van der Waals surface area contributed by atoms with E-state index in [1.54, 1.807) is 0 Å². The van der Waals surface area contributed by atoms with E-state index < -0.39 is 20.8 Å². The van der Waals surface area contributed by atoms with Gasteiger partial charge in [-0.1, -0.05) is 95.4 Å². The van der Waals surface area contributed by atoms with Gasteiger partial charge in [0.15, 0.2) is 0 Å². The Bertz CT molecular complexity index is 897. The molecule has 2 rings (SSSR count). The molecule has 1 N–H and O–H groups in total. The maximum absolute atomic E-state index is 12.0. The van der Waals surface area contributed by atoms with Crippen LogP contribution in [0, 0.1) is 0 Å². The Morgan fingerprint density at radius 2 is 1.30 bits per heavy atom. The summed E-state index contributed by atoms with van der Waals surface area (Å²) in [4.78, 5) is -0.437. The molecule has 0 heterocycles. The molecule has 0 aliphatic carbocycles. The summed E-state index contributed by atoms with van der Waals surface area (Å²) in [6.45, 7) is 2.26. The number of ether oxygens (including phenoxy) is 1. The quantitative estimate of drug-likeness (QED) is 0.221. The first-order valence-corrected chi connectivity index (χ1v) is 13.4. The Hall–Kier alpha value is -1.05. The van der Waals surface area contributed by atoms with Gasteiger partial charge < -0.3 is 9.84 Å². The number of rotatable bonds is 16. The molecule has 178 valence electrons. The van der Waals surface area contributed by atoms with Gasteiger partial charge in [-0.05, 0) is 48.7 Å². The molecule has 0 fully saturated rings. The van der Waals surface area contributed by atoms with Crippen LogP contribution in [-0.2, 0) is 16.5 Å². The third kappa shape index (κ3) is 12.3. The van der Waals surface area contributed by atoms with Crippen LogP contribution < -0.4 is 39.4 Å². The minimum absolute atomic E-state index is 0. The minimum atomic E-state index is -4.40. The summed E-state index contributed by atoms with van der Waals surface area (Å²) in [7, 11) is -4.40. The second-order valence-corrected chi connectivity index (χ2v) is 9.89. The van der Waals surface area contributed by atoms with Gasteiger partial charge in [-0.25, -0.2) is 0 Å².